The summed E-state index contributed by atoms with van der Waals surface area (Å²) >= 11 is 6.17. The second-order valence-corrected chi connectivity index (χ2v) is 8.19. The molecule has 2 aromatic carbocycles. The maximum absolute atomic E-state index is 12.9. The fraction of sp³-hybridized carbons (Fsp3) is 0.250. The van der Waals surface area contributed by atoms with Crippen LogP contribution in [0.5, 0.6) is 0 Å². The molecule has 0 heterocycles. The van der Waals surface area contributed by atoms with Crippen molar-refractivity contribution in [3.63, 3.8) is 0 Å². The van der Waals surface area contributed by atoms with Gasteiger partial charge in [0.2, 0.25) is 15.9 Å². The molecule has 6 nitrogen and oxygen atoms in total. The van der Waals surface area contributed by atoms with Gasteiger partial charge in [-0.25, -0.2) is 8.42 Å². The zero-order valence-corrected chi connectivity index (χ0v) is 17.1. The number of rotatable bonds is 10. The van der Waals surface area contributed by atoms with Crippen LogP contribution in [0, 0.1) is 0 Å². The van der Waals surface area contributed by atoms with Crippen molar-refractivity contribution < 1.29 is 17.9 Å². The van der Waals surface area contributed by atoms with Crippen LogP contribution < -0.4 is 5.32 Å². The molecule has 0 saturated heterocycles. The van der Waals surface area contributed by atoms with Gasteiger partial charge in [0.1, 0.15) is 0 Å². The molecule has 0 spiro atoms. The van der Waals surface area contributed by atoms with E-state index in [0.717, 1.165) is 15.3 Å². The Morgan fingerprint density at radius 1 is 1.14 bits per heavy atom. The van der Waals surface area contributed by atoms with E-state index in [1.165, 1.54) is 13.2 Å². The van der Waals surface area contributed by atoms with Crippen LogP contribution in [0.2, 0.25) is 5.02 Å². The Labute approximate surface area is 170 Å². The first-order chi connectivity index (χ1) is 13.4. The Kier molecular flexibility index (Phi) is 8.66. The molecule has 0 bridgehead atoms. The molecule has 1 amide bonds. The number of carbonyl (C=O) groups excluding carboxylic acids is 1. The number of benzene rings is 2. The van der Waals surface area contributed by atoms with Gasteiger partial charge in [-0.1, -0.05) is 60.1 Å². The molecule has 0 radical (unpaired) electrons. The predicted octanol–water partition coefficient (Wildman–Crippen LogP) is 2.91. The summed E-state index contributed by atoms with van der Waals surface area (Å²) in [5, 5.41) is 4.17. The van der Waals surface area contributed by atoms with E-state index in [1.807, 2.05) is 18.2 Å². The largest absolute Gasteiger partial charge is 0.383 e. The summed E-state index contributed by atoms with van der Waals surface area (Å²) in [6, 6.07) is 16.0. The monoisotopic (exact) mass is 422 g/mol. The Morgan fingerprint density at radius 2 is 1.82 bits per heavy atom. The van der Waals surface area contributed by atoms with Crippen molar-refractivity contribution in [1.82, 2.24) is 9.62 Å². The number of hydrogen-bond acceptors (Lipinski definition) is 4. The molecule has 150 valence electrons. The number of hydrogen-bond donors (Lipinski definition) is 1. The molecule has 0 saturated carbocycles. The molecule has 0 unspecified atom stereocenters. The number of methoxy groups -OCH3 is 1. The minimum absolute atomic E-state index is 0.0150. The van der Waals surface area contributed by atoms with Crippen LogP contribution in [0.1, 0.15) is 11.1 Å². The number of ether oxygens (including phenoxy) is 1. The van der Waals surface area contributed by atoms with Gasteiger partial charge in [-0.2, -0.15) is 4.31 Å². The SMILES string of the molecule is COCCNC(=O)CN(Cc1ccccc1Cl)S(=O)(=O)/C=C/c1ccccc1. The van der Waals surface area contributed by atoms with Crippen molar-refractivity contribution in [2.24, 2.45) is 0 Å². The van der Waals surface area contributed by atoms with Crippen molar-refractivity contribution in [2.75, 3.05) is 26.8 Å². The molecule has 0 aliphatic rings. The van der Waals surface area contributed by atoms with Crippen LogP contribution in [0.3, 0.4) is 0 Å². The Balaban J connectivity index is 2.21. The fourth-order valence-electron chi connectivity index (χ4n) is 2.38. The van der Waals surface area contributed by atoms with E-state index in [0.29, 0.717) is 23.7 Å². The van der Waals surface area contributed by atoms with Gasteiger partial charge in [-0.3, -0.25) is 4.79 Å². The lowest BCUT2D eigenvalue weighted by Crippen LogP contribution is -2.40. The molecule has 2 rings (SSSR count). The summed E-state index contributed by atoms with van der Waals surface area (Å²) in [6.45, 7) is 0.307. The Hall–Kier alpha value is -2.19. The van der Waals surface area contributed by atoms with Crippen LogP contribution in [0.25, 0.3) is 6.08 Å². The van der Waals surface area contributed by atoms with Crippen LogP contribution in [-0.4, -0.2) is 45.4 Å². The van der Waals surface area contributed by atoms with E-state index in [9.17, 15) is 13.2 Å². The maximum atomic E-state index is 12.9. The fourth-order valence-corrected chi connectivity index (χ4v) is 3.69. The number of nitrogens with zero attached hydrogens (tertiary/aromatic N) is 1. The first kappa shape index (κ1) is 22.1. The first-order valence-electron chi connectivity index (χ1n) is 8.64. The van der Waals surface area contributed by atoms with E-state index in [4.69, 9.17) is 16.3 Å². The van der Waals surface area contributed by atoms with E-state index < -0.39 is 15.9 Å². The number of nitrogens with one attached hydrogen (secondary N) is 1. The molecule has 0 aliphatic heterocycles. The van der Waals surface area contributed by atoms with Gasteiger partial charge in [0.15, 0.2) is 0 Å². The third kappa shape index (κ3) is 7.09. The maximum Gasteiger partial charge on any atom is 0.237 e. The van der Waals surface area contributed by atoms with Crippen molar-refractivity contribution in [3.8, 4) is 0 Å². The van der Waals surface area contributed by atoms with Gasteiger partial charge in [0, 0.05) is 30.6 Å². The van der Waals surface area contributed by atoms with Crippen molar-refractivity contribution in [1.29, 1.82) is 0 Å². The standard InChI is InChI=1S/C20H23ClN2O4S/c1-27-13-12-22-20(24)16-23(15-18-9-5-6-10-19(18)21)28(25,26)14-11-17-7-3-2-4-8-17/h2-11,14H,12-13,15-16H2,1H3,(H,22,24)/b14-11+. The van der Waals surface area contributed by atoms with Gasteiger partial charge in [-0.15, -0.1) is 0 Å². The molecule has 0 atom stereocenters. The molecular formula is C20H23ClN2O4S. The lowest BCUT2D eigenvalue weighted by atomic mass is 10.2. The molecule has 0 aromatic heterocycles. The second-order valence-electron chi connectivity index (χ2n) is 5.96. The number of amides is 1. The zero-order chi connectivity index (χ0) is 20.4. The smallest absolute Gasteiger partial charge is 0.237 e. The van der Waals surface area contributed by atoms with Crippen LogP contribution in [0.15, 0.2) is 60.0 Å². The molecular weight excluding hydrogens is 400 g/mol. The molecule has 1 N–H and O–H groups in total. The third-order valence-electron chi connectivity index (χ3n) is 3.84. The van der Waals surface area contributed by atoms with Crippen LogP contribution >= 0.6 is 11.6 Å². The highest BCUT2D eigenvalue weighted by Crippen LogP contribution is 2.19. The lowest BCUT2D eigenvalue weighted by Gasteiger charge is -2.20. The van der Waals surface area contributed by atoms with Gasteiger partial charge in [0.25, 0.3) is 0 Å². The van der Waals surface area contributed by atoms with E-state index in [-0.39, 0.29) is 13.1 Å². The molecule has 28 heavy (non-hydrogen) atoms. The molecule has 0 fully saturated rings. The summed E-state index contributed by atoms with van der Waals surface area (Å²) in [5.74, 6) is -0.416. The van der Waals surface area contributed by atoms with Gasteiger partial charge < -0.3 is 10.1 Å². The highest BCUT2D eigenvalue weighted by Gasteiger charge is 2.23. The normalized spacial score (nSPS) is 11.8. The first-order valence-corrected chi connectivity index (χ1v) is 10.5. The Bertz CT molecular complexity index is 901. The van der Waals surface area contributed by atoms with Crippen molar-refractivity contribution in [3.05, 3.63) is 76.2 Å². The summed E-state index contributed by atoms with van der Waals surface area (Å²) < 4.78 is 31.7. The zero-order valence-electron chi connectivity index (χ0n) is 15.5. The second kappa shape index (κ2) is 11.0. The molecule has 8 heteroatoms. The molecule has 0 aliphatic carbocycles. The average molecular weight is 423 g/mol. The van der Waals surface area contributed by atoms with Crippen molar-refractivity contribution >= 4 is 33.6 Å². The van der Waals surface area contributed by atoms with Gasteiger partial charge in [0.05, 0.1) is 13.2 Å². The lowest BCUT2D eigenvalue weighted by molar-refractivity contribution is -0.121. The van der Waals surface area contributed by atoms with E-state index >= 15 is 0 Å². The van der Waals surface area contributed by atoms with E-state index in [1.54, 1.807) is 36.4 Å². The number of halogens is 1. The summed E-state index contributed by atoms with van der Waals surface area (Å²) in [4.78, 5) is 12.2. The minimum atomic E-state index is -3.86. The van der Waals surface area contributed by atoms with Crippen LogP contribution in [0.4, 0.5) is 0 Å². The van der Waals surface area contributed by atoms with Crippen molar-refractivity contribution in [2.45, 2.75) is 6.54 Å². The number of carbonyl (C=O) groups is 1. The topological polar surface area (TPSA) is 75.7 Å². The quantitative estimate of drug-likeness (QED) is 0.597. The highest BCUT2D eigenvalue weighted by atomic mass is 35.5. The third-order valence-corrected chi connectivity index (χ3v) is 5.67. The predicted molar refractivity (Wildman–Crippen MR) is 111 cm³/mol. The van der Waals surface area contributed by atoms with E-state index in [2.05, 4.69) is 5.32 Å². The summed E-state index contributed by atoms with van der Waals surface area (Å²) in [5.41, 5.74) is 1.36. The highest BCUT2D eigenvalue weighted by molar-refractivity contribution is 7.92. The van der Waals surface area contributed by atoms with Gasteiger partial charge >= 0.3 is 0 Å². The summed E-state index contributed by atoms with van der Waals surface area (Å²) in [6.07, 6.45) is 1.50. The van der Waals surface area contributed by atoms with Crippen LogP contribution in [-0.2, 0) is 26.1 Å². The summed E-state index contributed by atoms with van der Waals surface area (Å²) in [7, 11) is -2.34. The Morgan fingerprint density at radius 3 is 2.50 bits per heavy atom. The van der Waals surface area contributed by atoms with Gasteiger partial charge in [-0.05, 0) is 23.3 Å². The minimum Gasteiger partial charge on any atom is -0.383 e. The molecule has 2 aromatic rings. The number of sulfonamides is 1. The average Bonchev–Trinajstić information content (AvgIpc) is 2.68.